The van der Waals surface area contributed by atoms with Gasteiger partial charge in [-0.1, -0.05) is 23.2 Å². The molecule has 3 nitrogen and oxygen atoms in total. The van der Waals surface area contributed by atoms with E-state index in [9.17, 15) is 23.1 Å². The van der Waals surface area contributed by atoms with Gasteiger partial charge in [-0.3, -0.25) is 0 Å². The number of hydrogen-bond donors (Lipinski definition) is 1. The van der Waals surface area contributed by atoms with Crippen LogP contribution in [0, 0.1) is 6.92 Å². The molecule has 1 aliphatic rings. The molecule has 0 radical (unpaired) electrons. The highest BCUT2D eigenvalue weighted by Gasteiger charge is 2.33. The summed E-state index contributed by atoms with van der Waals surface area (Å²) in [5.74, 6) is -1.09. The topological polar surface area (TPSA) is 46.5 Å². The fraction of sp³-hybridized carbons (Fsp3) is 0.167. The van der Waals surface area contributed by atoms with Crippen molar-refractivity contribution in [3.63, 3.8) is 0 Å². The van der Waals surface area contributed by atoms with Crippen LogP contribution in [0.2, 0.25) is 10.0 Å². The van der Waals surface area contributed by atoms with Gasteiger partial charge in [0.25, 0.3) is 0 Å². The first-order valence-corrected chi connectivity index (χ1v) is 8.12. The van der Waals surface area contributed by atoms with Crippen LogP contribution in [0.3, 0.4) is 0 Å². The molecular formula is C18H11Cl2F3O3. The minimum atomic E-state index is -4.47. The summed E-state index contributed by atoms with van der Waals surface area (Å²) in [4.78, 5) is 11.2. The first-order chi connectivity index (χ1) is 12.1. The third-order valence-corrected chi connectivity index (χ3v) is 4.74. The smallest absolute Gasteiger partial charge is 0.416 e. The second-order valence-electron chi connectivity index (χ2n) is 5.75. The minimum Gasteiger partial charge on any atom is -0.488 e. The Balaban J connectivity index is 2.14. The number of fused-ring (bicyclic) bond motifs is 1. The highest BCUT2D eigenvalue weighted by Crippen LogP contribution is 2.42. The van der Waals surface area contributed by atoms with Gasteiger partial charge in [-0.25, -0.2) is 4.79 Å². The molecule has 136 valence electrons. The van der Waals surface area contributed by atoms with Crippen LogP contribution in [-0.4, -0.2) is 17.7 Å². The SMILES string of the molecule is Cc1cc(C(F)(F)F)cc2c1C(=Cc1c(Cl)ccc(C(=O)O)c1Cl)CO2. The molecule has 1 heterocycles. The van der Waals surface area contributed by atoms with E-state index in [0.717, 1.165) is 12.1 Å². The number of benzene rings is 2. The van der Waals surface area contributed by atoms with E-state index in [0.29, 0.717) is 16.7 Å². The first-order valence-electron chi connectivity index (χ1n) is 7.36. The van der Waals surface area contributed by atoms with E-state index in [4.69, 9.17) is 27.9 Å². The number of hydrogen-bond acceptors (Lipinski definition) is 2. The van der Waals surface area contributed by atoms with Crippen LogP contribution < -0.4 is 4.74 Å². The lowest BCUT2D eigenvalue weighted by atomic mass is 9.97. The third kappa shape index (κ3) is 3.27. The fourth-order valence-corrected chi connectivity index (χ4v) is 3.39. The van der Waals surface area contributed by atoms with Crippen molar-refractivity contribution in [1.82, 2.24) is 0 Å². The van der Waals surface area contributed by atoms with Crippen LogP contribution in [-0.2, 0) is 6.18 Å². The third-order valence-electron chi connectivity index (χ3n) is 4.01. The molecule has 1 aliphatic heterocycles. The molecule has 0 atom stereocenters. The average molecular weight is 403 g/mol. The molecule has 1 N–H and O–H groups in total. The summed E-state index contributed by atoms with van der Waals surface area (Å²) in [5, 5.41) is 9.35. The highest BCUT2D eigenvalue weighted by molar-refractivity contribution is 6.39. The van der Waals surface area contributed by atoms with Crippen molar-refractivity contribution in [3.8, 4) is 5.75 Å². The number of aromatic carboxylic acids is 1. The Morgan fingerprint density at radius 2 is 1.96 bits per heavy atom. The number of aryl methyl sites for hydroxylation is 1. The Bertz CT molecular complexity index is 950. The molecule has 0 amide bonds. The normalized spacial score (nSPS) is 15.1. The maximum absolute atomic E-state index is 12.9. The summed E-state index contributed by atoms with van der Waals surface area (Å²) in [6, 6.07) is 4.67. The Hall–Kier alpha value is -2.18. The first kappa shape index (κ1) is 18.6. The lowest BCUT2D eigenvalue weighted by Gasteiger charge is -2.11. The molecular weight excluding hydrogens is 392 g/mol. The quantitative estimate of drug-likeness (QED) is 0.674. The molecule has 8 heteroatoms. The van der Waals surface area contributed by atoms with Gasteiger partial charge < -0.3 is 9.84 Å². The van der Waals surface area contributed by atoms with E-state index in [2.05, 4.69) is 0 Å². The number of carbonyl (C=O) groups is 1. The van der Waals surface area contributed by atoms with E-state index in [1.807, 2.05) is 0 Å². The van der Waals surface area contributed by atoms with Gasteiger partial charge in [0.15, 0.2) is 0 Å². The van der Waals surface area contributed by atoms with E-state index in [1.54, 1.807) is 13.0 Å². The van der Waals surface area contributed by atoms with E-state index in [-0.39, 0.29) is 33.5 Å². The van der Waals surface area contributed by atoms with Gasteiger partial charge in [-0.15, -0.1) is 0 Å². The number of carboxylic acids is 1. The van der Waals surface area contributed by atoms with Gasteiger partial charge in [0.05, 0.1) is 16.1 Å². The molecule has 0 saturated heterocycles. The van der Waals surface area contributed by atoms with Crippen molar-refractivity contribution in [2.24, 2.45) is 0 Å². The van der Waals surface area contributed by atoms with Crippen LogP contribution in [0.1, 0.15) is 32.6 Å². The zero-order valence-corrected chi connectivity index (χ0v) is 14.8. The summed E-state index contributed by atoms with van der Waals surface area (Å²) in [6.07, 6.45) is -2.93. The average Bonchev–Trinajstić information content (AvgIpc) is 2.93. The summed E-state index contributed by atoms with van der Waals surface area (Å²) in [7, 11) is 0. The van der Waals surface area contributed by atoms with Crippen molar-refractivity contribution in [3.05, 3.63) is 62.1 Å². The van der Waals surface area contributed by atoms with Gasteiger partial charge in [-0.05, 0) is 42.8 Å². The zero-order chi connectivity index (χ0) is 19.2. The van der Waals surface area contributed by atoms with Gasteiger partial charge in [0.2, 0.25) is 0 Å². The van der Waals surface area contributed by atoms with Gasteiger partial charge >= 0.3 is 12.1 Å². The summed E-state index contributed by atoms with van der Waals surface area (Å²) < 4.78 is 44.2. The molecule has 0 saturated carbocycles. The minimum absolute atomic E-state index is 0.0292. The number of rotatable bonds is 2. The molecule has 0 spiro atoms. The van der Waals surface area contributed by atoms with Crippen molar-refractivity contribution < 1.29 is 27.8 Å². The lowest BCUT2D eigenvalue weighted by Crippen LogP contribution is -2.05. The van der Waals surface area contributed by atoms with E-state index >= 15 is 0 Å². The Kier molecular flexibility index (Phi) is 4.67. The number of halogens is 5. The van der Waals surface area contributed by atoms with Crippen molar-refractivity contribution in [1.29, 1.82) is 0 Å². The lowest BCUT2D eigenvalue weighted by molar-refractivity contribution is -0.137. The van der Waals surface area contributed by atoms with Gasteiger partial charge in [0, 0.05) is 21.7 Å². The number of carboxylic acid groups (broad SMARTS) is 1. The molecule has 2 aromatic carbocycles. The van der Waals surface area contributed by atoms with Crippen LogP contribution in [0.4, 0.5) is 13.2 Å². The summed E-state index contributed by atoms with van der Waals surface area (Å²) in [5.41, 5.74) is 0.841. The van der Waals surface area contributed by atoms with E-state index in [1.165, 1.54) is 12.1 Å². The predicted octanol–water partition coefficient (Wildman–Crippen LogP) is 5.95. The van der Waals surface area contributed by atoms with Crippen LogP contribution in [0.25, 0.3) is 11.6 Å². The molecule has 2 aromatic rings. The number of alkyl halides is 3. The molecule has 3 rings (SSSR count). The second kappa shape index (κ2) is 6.52. The number of ether oxygens (including phenoxy) is 1. The second-order valence-corrected chi connectivity index (χ2v) is 6.54. The van der Waals surface area contributed by atoms with Crippen molar-refractivity contribution in [2.75, 3.05) is 6.61 Å². The largest absolute Gasteiger partial charge is 0.488 e. The van der Waals surface area contributed by atoms with Gasteiger partial charge in [-0.2, -0.15) is 13.2 Å². The molecule has 26 heavy (non-hydrogen) atoms. The molecule has 0 bridgehead atoms. The monoisotopic (exact) mass is 402 g/mol. The van der Waals surface area contributed by atoms with Crippen molar-refractivity contribution >= 4 is 40.8 Å². The van der Waals surface area contributed by atoms with Crippen LogP contribution in [0.15, 0.2) is 24.3 Å². The maximum atomic E-state index is 12.9. The molecule has 0 fully saturated rings. The van der Waals surface area contributed by atoms with E-state index < -0.39 is 17.7 Å². The van der Waals surface area contributed by atoms with Gasteiger partial charge in [0.1, 0.15) is 12.4 Å². The Labute approximate surface area is 156 Å². The molecule has 0 aliphatic carbocycles. The predicted molar refractivity (Wildman–Crippen MR) is 93.0 cm³/mol. The molecule has 0 unspecified atom stereocenters. The zero-order valence-electron chi connectivity index (χ0n) is 13.2. The Morgan fingerprint density at radius 3 is 2.58 bits per heavy atom. The maximum Gasteiger partial charge on any atom is 0.416 e. The summed E-state index contributed by atoms with van der Waals surface area (Å²) >= 11 is 12.3. The summed E-state index contributed by atoms with van der Waals surface area (Å²) in [6.45, 7) is 1.58. The van der Waals surface area contributed by atoms with Crippen LogP contribution >= 0.6 is 23.2 Å². The van der Waals surface area contributed by atoms with Crippen LogP contribution in [0.5, 0.6) is 5.75 Å². The van der Waals surface area contributed by atoms with Crippen molar-refractivity contribution in [2.45, 2.75) is 13.1 Å². The highest BCUT2D eigenvalue weighted by atomic mass is 35.5. The Morgan fingerprint density at radius 1 is 1.27 bits per heavy atom. The fourth-order valence-electron chi connectivity index (χ4n) is 2.83. The standard InChI is InChI=1S/C18H11Cl2F3O3/c1-8-4-10(18(21,22)23)6-14-15(8)9(7-26-14)5-12-13(19)3-2-11(16(12)20)17(24)25/h2-6H,7H2,1H3,(H,24,25). The molecule has 0 aromatic heterocycles.